The van der Waals surface area contributed by atoms with E-state index in [0.29, 0.717) is 5.56 Å². The minimum atomic E-state index is -0.404. The summed E-state index contributed by atoms with van der Waals surface area (Å²) >= 11 is 0. The van der Waals surface area contributed by atoms with E-state index in [4.69, 9.17) is 0 Å². The number of fused-ring (bicyclic) bond motifs is 1. The first-order valence-corrected chi connectivity index (χ1v) is 6.65. The van der Waals surface area contributed by atoms with Crippen molar-refractivity contribution in [3.8, 4) is 11.5 Å². The smallest absolute Gasteiger partial charge is 0.134 e. The van der Waals surface area contributed by atoms with Crippen molar-refractivity contribution in [1.29, 1.82) is 0 Å². The fourth-order valence-electron chi connectivity index (χ4n) is 2.66. The molecule has 2 aromatic carbocycles. The number of phenolic OH excluding ortho intramolecular Hbond substituents is 2. The Hall–Kier alpha value is -2.29. The van der Waals surface area contributed by atoms with Gasteiger partial charge in [0, 0.05) is 11.6 Å². The van der Waals surface area contributed by atoms with Gasteiger partial charge in [-0.2, -0.15) is 0 Å². The number of aromatic hydroxyl groups is 2. The highest BCUT2D eigenvalue weighted by Crippen LogP contribution is 2.32. The van der Waals surface area contributed by atoms with Crippen molar-refractivity contribution in [3.05, 3.63) is 58.9 Å². The third kappa shape index (κ3) is 2.39. The first kappa shape index (κ1) is 12.7. The summed E-state index contributed by atoms with van der Waals surface area (Å²) < 4.78 is 14.0. The summed E-state index contributed by atoms with van der Waals surface area (Å²) in [5, 5.41) is 18.8. The lowest BCUT2D eigenvalue weighted by Gasteiger charge is -2.07. The second-order valence-corrected chi connectivity index (χ2v) is 5.07. The topological polar surface area (TPSA) is 40.5 Å². The van der Waals surface area contributed by atoms with Crippen LogP contribution in [0, 0.1) is 5.82 Å². The van der Waals surface area contributed by atoms with Gasteiger partial charge in [0.05, 0.1) is 0 Å². The van der Waals surface area contributed by atoms with Crippen molar-refractivity contribution in [1.82, 2.24) is 0 Å². The van der Waals surface area contributed by atoms with Crippen LogP contribution in [0.3, 0.4) is 0 Å². The molecule has 3 rings (SSSR count). The number of benzene rings is 2. The molecule has 0 spiro atoms. The van der Waals surface area contributed by atoms with E-state index in [-0.39, 0.29) is 11.5 Å². The predicted molar refractivity (Wildman–Crippen MR) is 77.0 cm³/mol. The van der Waals surface area contributed by atoms with Crippen LogP contribution < -0.4 is 0 Å². The van der Waals surface area contributed by atoms with Gasteiger partial charge in [-0.15, -0.1) is 0 Å². The van der Waals surface area contributed by atoms with Crippen LogP contribution in [0.15, 0.2) is 36.4 Å². The summed E-state index contributed by atoms with van der Waals surface area (Å²) in [5.74, 6) is -0.208. The second kappa shape index (κ2) is 5.00. The van der Waals surface area contributed by atoms with E-state index in [0.717, 1.165) is 42.0 Å². The summed E-state index contributed by atoms with van der Waals surface area (Å²) in [7, 11) is 0. The van der Waals surface area contributed by atoms with Gasteiger partial charge in [-0.3, -0.25) is 0 Å². The van der Waals surface area contributed by atoms with Gasteiger partial charge in [-0.1, -0.05) is 12.1 Å². The van der Waals surface area contributed by atoms with Gasteiger partial charge < -0.3 is 10.2 Å². The Balaban J connectivity index is 2.07. The maximum absolute atomic E-state index is 14.0. The number of hydrogen-bond donors (Lipinski definition) is 2. The lowest BCUT2D eigenvalue weighted by molar-refractivity contribution is 0.468. The molecule has 0 saturated carbocycles. The Morgan fingerprint density at radius 3 is 2.45 bits per heavy atom. The minimum Gasteiger partial charge on any atom is -0.508 e. The van der Waals surface area contributed by atoms with Crippen LogP contribution in [0.4, 0.5) is 4.39 Å². The van der Waals surface area contributed by atoms with Crippen molar-refractivity contribution < 1.29 is 14.6 Å². The maximum atomic E-state index is 14.0. The molecule has 0 fully saturated rings. The van der Waals surface area contributed by atoms with E-state index in [1.807, 2.05) is 12.1 Å². The second-order valence-electron chi connectivity index (χ2n) is 5.07. The van der Waals surface area contributed by atoms with Crippen LogP contribution in [0.1, 0.15) is 29.5 Å². The van der Waals surface area contributed by atoms with E-state index in [2.05, 4.69) is 0 Å². The summed E-state index contributed by atoms with van der Waals surface area (Å²) in [6.45, 7) is 0. The molecular formula is C17H15FO2. The molecule has 1 aliphatic carbocycles. The molecule has 0 aromatic heterocycles. The number of halogens is 1. The Labute approximate surface area is 116 Å². The molecule has 0 aliphatic heterocycles. The van der Waals surface area contributed by atoms with E-state index in [1.165, 1.54) is 6.07 Å². The van der Waals surface area contributed by atoms with Crippen LogP contribution in [0.5, 0.6) is 11.5 Å². The Kier molecular flexibility index (Phi) is 3.18. The van der Waals surface area contributed by atoms with Gasteiger partial charge in [0.2, 0.25) is 0 Å². The molecule has 0 saturated heterocycles. The molecule has 2 aromatic rings. The number of aryl methyl sites for hydroxylation is 1. The molecule has 102 valence electrons. The molecular weight excluding hydrogens is 255 g/mol. The monoisotopic (exact) mass is 270 g/mol. The normalized spacial score (nSPS) is 14.3. The summed E-state index contributed by atoms with van der Waals surface area (Å²) in [6, 6.07) is 9.52. The SMILES string of the molecule is Oc1ccc(C2=Cc3ccc(O)cc3CCC2)c(F)c1. The van der Waals surface area contributed by atoms with Crippen molar-refractivity contribution >= 4 is 11.6 Å². The zero-order valence-electron chi connectivity index (χ0n) is 10.9. The minimum absolute atomic E-state index is 0.0641. The van der Waals surface area contributed by atoms with Gasteiger partial charge >= 0.3 is 0 Å². The zero-order chi connectivity index (χ0) is 14.1. The molecule has 2 N–H and O–H groups in total. The van der Waals surface area contributed by atoms with E-state index in [1.54, 1.807) is 18.2 Å². The third-order valence-corrected chi connectivity index (χ3v) is 3.65. The molecule has 2 nitrogen and oxygen atoms in total. The molecule has 0 heterocycles. The van der Waals surface area contributed by atoms with Crippen LogP contribution in [-0.2, 0) is 6.42 Å². The molecule has 0 radical (unpaired) electrons. The lowest BCUT2D eigenvalue weighted by atomic mass is 10.00. The molecule has 0 unspecified atom stereocenters. The summed E-state index contributed by atoms with van der Waals surface area (Å²) in [5.41, 5.74) is 3.55. The first-order chi connectivity index (χ1) is 9.63. The summed E-state index contributed by atoms with van der Waals surface area (Å²) in [6.07, 6.45) is 4.51. The van der Waals surface area contributed by atoms with Crippen molar-refractivity contribution in [2.75, 3.05) is 0 Å². The molecule has 20 heavy (non-hydrogen) atoms. The zero-order valence-corrected chi connectivity index (χ0v) is 10.9. The third-order valence-electron chi connectivity index (χ3n) is 3.65. The first-order valence-electron chi connectivity index (χ1n) is 6.65. The average Bonchev–Trinajstić information content (AvgIpc) is 2.60. The number of hydrogen-bond acceptors (Lipinski definition) is 2. The highest BCUT2D eigenvalue weighted by atomic mass is 19.1. The molecule has 0 bridgehead atoms. The van der Waals surface area contributed by atoms with E-state index in [9.17, 15) is 14.6 Å². The van der Waals surface area contributed by atoms with Gasteiger partial charge in [0.1, 0.15) is 17.3 Å². The van der Waals surface area contributed by atoms with Crippen LogP contribution in [0.25, 0.3) is 11.6 Å². The van der Waals surface area contributed by atoms with Crippen LogP contribution in [0.2, 0.25) is 0 Å². The van der Waals surface area contributed by atoms with Crippen molar-refractivity contribution in [2.24, 2.45) is 0 Å². The van der Waals surface area contributed by atoms with Gasteiger partial charge in [-0.05, 0) is 60.2 Å². The van der Waals surface area contributed by atoms with Crippen molar-refractivity contribution in [3.63, 3.8) is 0 Å². The van der Waals surface area contributed by atoms with E-state index < -0.39 is 5.82 Å². The Bertz CT molecular complexity index is 689. The molecule has 0 amide bonds. The molecule has 1 aliphatic rings. The van der Waals surface area contributed by atoms with Gasteiger partial charge in [0.25, 0.3) is 0 Å². The lowest BCUT2D eigenvalue weighted by Crippen LogP contribution is -1.89. The molecule has 0 atom stereocenters. The summed E-state index contributed by atoms with van der Waals surface area (Å²) in [4.78, 5) is 0. The number of phenols is 2. The van der Waals surface area contributed by atoms with Gasteiger partial charge in [-0.25, -0.2) is 4.39 Å². The fourth-order valence-corrected chi connectivity index (χ4v) is 2.66. The van der Waals surface area contributed by atoms with Crippen LogP contribution >= 0.6 is 0 Å². The largest absolute Gasteiger partial charge is 0.508 e. The van der Waals surface area contributed by atoms with Gasteiger partial charge in [0.15, 0.2) is 0 Å². The van der Waals surface area contributed by atoms with Crippen LogP contribution in [-0.4, -0.2) is 10.2 Å². The Morgan fingerprint density at radius 2 is 1.65 bits per heavy atom. The number of allylic oxidation sites excluding steroid dienone is 1. The molecule has 3 heteroatoms. The average molecular weight is 270 g/mol. The highest BCUT2D eigenvalue weighted by molar-refractivity contribution is 5.83. The highest BCUT2D eigenvalue weighted by Gasteiger charge is 2.14. The predicted octanol–water partition coefficient (Wildman–Crippen LogP) is 4.11. The maximum Gasteiger partial charge on any atom is 0.134 e. The van der Waals surface area contributed by atoms with Crippen molar-refractivity contribution in [2.45, 2.75) is 19.3 Å². The quantitative estimate of drug-likeness (QED) is 0.818. The van der Waals surface area contributed by atoms with E-state index >= 15 is 0 Å². The standard InChI is InChI=1S/C17H15FO2/c18-17-10-15(20)6-7-16(17)13-3-1-2-11-9-14(19)5-4-12(11)8-13/h4-10,19-20H,1-3H2. The fraction of sp³-hybridized carbons (Fsp3) is 0.176. The Morgan fingerprint density at radius 1 is 0.900 bits per heavy atom. The number of rotatable bonds is 1.